The van der Waals surface area contributed by atoms with Crippen molar-refractivity contribution in [2.45, 2.75) is 51.2 Å². The van der Waals surface area contributed by atoms with Crippen molar-refractivity contribution in [1.29, 1.82) is 5.26 Å². The number of methoxy groups -OCH3 is 1. The second kappa shape index (κ2) is 16.5. The van der Waals surface area contributed by atoms with Gasteiger partial charge in [-0.2, -0.15) is 18.4 Å². The highest BCUT2D eigenvalue weighted by Gasteiger charge is 2.49. The molecule has 0 unspecified atom stereocenters. The van der Waals surface area contributed by atoms with Gasteiger partial charge < -0.3 is 24.0 Å². The summed E-state index contributed by atoms with van der Waals surface area (Å²) >= 11 is 5.56. The lowest BCUT2D eigenvalue weighted by Gasteiger charge is -2.34. The maximum atomic E-state index is 13.5. The molecule has 0 atom stereocenters. The number of halogens is 3. The van der Waals surface area contributed by atoms with E-state index in [0.717, 1.165) is 62.4 Å². The fourth-order valence-electron chi connectivity index (χ4n) is 5.23. The van der Waals surface area contributed by atoms with Gasteiger partial charge in [-0.3, -0.25) is 19.4 Å². The van der Waals surface area contributed by atoms with Crippen molar-refractivity contribution < 1.29 is 37.0 Å². The summed E-state index contributed by atoms with van der Waals surface area (Å²) in [6.07, 6.45) is -1.09. The van der Waals surface area contributed by atoms with Gasteiger partial charge in [0.2, 0.25) is 5.91 Å². The molecule has 0 N–H and O–H groups in total. The number of benzene rings is 1. The van der Waals surface area contributed by atoms with Crippen LogP contribution in [0.15, 0.2) is 18.2 Å². The van der Waals surface area contributed by atoms with Crippen molar-refractivity contribution in [3.8, 4) is 6.07 Å². The number of anilines is 1. The molecular formula is C30H42F3N5O5S. The molecule has 2 aliphatic heterocycles. The van der Waals surface area contributed by atoms with Gasteiger partial charge in [0, 0.05) is 39.8 Å². The lowest BCUT2D eigenvalue weighted by Crippen LogP contribution is -2.49. The first-order valence-corrected chi connectivity index (χ1v) is 15.2. The summed E-state index contributed by atoms with van der Waals surface area (Å²) in [6, 6.07) is 4.76. The third-order valence-electron chi connectivity index (χ3n) is 7.87. The van der Waals surface area contributed by atoms with Crippen LogP contribution >= 0.6 is 12.2 Å². The van der Waals surface area contributed by atoms with Crippen LogP contribution in [-0.2, 0) is 30.0 Å². The van der Waals surface area contributed by atoms with Crippen molar-refractivity contribution >= 4 is 34.8 Å². The highest BCUT2D eigenvalue weighted by molar-refractivity contribution is 7.80. The van der Waals surface area contributed by atoms with Gasteiger partial charge >= 0.3 is 6.18 Å². The summed E-state index contributed by atoms with van der Waals surface area (Å²) in [5, 5.41) is 9.25. The zero-order chi connectivity index (χ0) is 32.3. The zero-order valence-corrected chi connectivity index (χ0v) is 26.5. The summed E-state index contributed by atoms with van der Waals surface area (Å²) in [5.41, 5.74) is -2.61. The molecule has 0 bridgehead atoms. The average molecular weight is 642 g/mol. The van der Waals surface area contributed by atoms with E-state index in [1.165, 1.54) is 6.07 Å². The SMILES string of the molecule is COCCOCCOCC(=O)N1CCN(CCCCCCN2C(=S)N(c3ccc(C#N)c(C(F)(F)F)c3)C(=O)C2(C)C)CC1. The van der Waals surface area contributed by atoms with E-state index >= 15 is 0 Å². The summed E-state index contributed by atoms with van der Waals surface area (Å²) < 4.78 is 56.2. The van der Waals surface area contributed by atoms with Crippen molar-refractivity contribution in [3.63, 3.8) is 0 Å². The molecule has 44 heavy (non-hydrogen) atoms. The molecule has 0 radical (unpaired) electrons. The molecular weight excluding hydrogens is 599 g/mol. The maximum absolute atomic E-state index is 13.5. The minimum Gasteiger partial charge on any atom is -0.382 e. The summed E-state index contributed by atoms with van der Waals surface area (Å²) in [6.45, 7) is 9.68. The average Bonchev–Trinajstić information content (AvgIpc) is 3.16. The first-order chi connectivity index (χ1) is 20.9. The molecule has 0 aliphatic carbocycles. The quantitative estimate of drug-likeness (QED) is 0.198. The molecule has 1 aromatic carbocycles. The van der Waals surface area contributed by atoms with Gasteiger partial charge in [-0.15, -0.1) is 0 Å². The highest BCUT2D eigenvalue weighted by atomic mass is 32.1. The minimum absolute atomic E-state index is 0.000422. The summed E-state index contributed by atoms with van der Waals surface area (Å²) in [4.78, 5) is 32.7. The number of piperazine rings is 1. The summed E-state index contributed by atoms with van der Waals surface area (Å²) in [7, 11) is 1.61. The number of ether oxygens (including phenoxy) is 3. The minimum atomic E-state index is -4.74. The van der Waals surface area contributed by atoms with Crippen LogP contribution in [0.25, 0.3) is 0 Å². The number of thiocarbonyl (C=S) groups is 1. The lowest BCUT2D eigenvalue weighted by atomic mass is 10.0. The van der Waals surface area contributed by atoms with Crippen LogP contribution < -0.4 is 4.90 Å². The first kappa shape index (κ1) is 35.6. The monoisotopic (exact) mass is 641 g/mol. The first-order valence-electron chi connectivity index (χ1n) is 14.8. The maximum Gasteiger partial charge on any atom is 0.417 e. The van der Waals surface area contributed by atoms with Crippen LogP contribution in [0.1, 0.15) is 50.7 Å². The number of alkyl halides is 3. The molecule has 2 aliphatic rings. The Morgan fingerprint density at radius 3 is 2.27 bits per heavy atom. The molecule has 0 spiro atoms. The number of carbonyl (C=O) groups excluding carboxylic acids is 2. The fourth-order valence-corrected chi connectivity index (χ4v) is 5.74. The van der Waals surface area contributed by atoms with Crippen molar-refractivity contribution in [1.82, 2.24) is 14.7 Å². The number of hydrogen-bond acceptors (Lipinski definition) is 8. The Morgan fingerprint density at radius 2 is 1.64 bits per heavy atom. The van der Waals surface area contributed by atoms with E-state index < -0.39 is 28.7 Å². The van der Waals surface area contributed by atoms with Crippen LogP contribution in [-0.4, -0.2) is 117 Å². The lowest BCUT2D eigenvalue weighted by molar-refractivity contribution is -0.139. The fraction of sp³-hybridized carbons (Fsp3) is 0.667. The molecule has 2 saturated heterocycles. The van der Waals surface area contributed by atoms with E-state index in [2.05, 4.69) is 4.90 Å². The molecule has 3 rings (SSSR count). The highest BCUT2D eigenvalue weighted by Crippen LogP contribution is 2.38. The van der Waals surface area contributed by atoms with Crippen LogP contribution in [0.3, 0.4) is 0 Å². The number of hydrogen-bond donors (Lipinski definition) is 0. The summed E-state index contributed by atoms with van der Waals surface area (Å²) in [5.74, 6) is -0.419. The molecule has 10 nitrogen and oxygen atoms in total. The molecule has 2 heterocycles. The Kier molecular flexibility index (Phi) is 13.3. The van der Waals surface area contributed by atoms with Gasteiger partial charge in [-0.25, -0.2) is 0 Å². The number of rotatable bonds is 16. The zero-order valence-electron chi connectivity index (χ0n) is 25.7. The van der Waals surface area contributed by atoms with Gasteiger partial charge in [0.25, 0.3) is 5.91 Å². The van der Waals surface area contributed by atoms with Crippen LogP contribution in [0.4, 0.5) is 18.9 Å². The third-order valence-corrected chi connectivity index (χ3v) is 8.27. The predicted molar refractivity (Wildman–Crippen MR) is 162 cm³/mol. The Hall–Kier alpha value is -2.83. The number of nitriles is 1. The van der Waals surface area contributed by atoms with E-state index in [4.69, 9.17) is 31.7 Å². The Bertz CT molecular complexity index is 1180. The van der Waals surface area contributed by atoms with Crippen LogP contribution in [0, 0.1) is 11.3 Å². The van der Waals surface area contributed by atoms with E-state index in [-0.39, 0.29) is 23.3 Å². The van der Waals surface area contributed by atoms with Gasteiger partial charge in [-0.05, 0) is 63.7 Å². The smallest absolute Gasteiger partial charge is 0.382 e. The molecule has 1 aromatic rings. The van der Waals surface area contributed by atoms with E-state index in [1.807, 2.05) is 4.90 Å². The number of unbranched alkanes of at least 4 members (excludes halogenated alkanes) is 3. The number of carbonyl (C=O) groups is 2. The molecule has 14 heteroatoms. The molecule has 2 fully saturated rings. The Morgan fingerprint density at radius 1 is 1.00 bits per heavy atom. The second-order valence-electron chi connectivity index (χ2n) is 11.3. The Labute approximate surface area is 262 Å². The second-order valence-corrected chi connectivity index (χ2v) is 11.6. The van der Waals surface area contributed by atoms with E-state index in [0.29, 0.717) is 46.1 Å². The van der Waals surface area contributed by atoms with E-state index in [9.17, 15) is 22.8 Å². The van der Waals surface area contributed by atoms with Gasteiger partial charge in [-0.1, -0.05) is 12.8 Å². The van der Waals surface area contributed by atoms with Crippen LogP contribution in [0.2, 0.25) is 0 Å². The topological polar surface area (TPSA) is 98.6 Å². The van der Waals surface area contributed by atoms with Gasteiger partial charge in [0.05, 0.1) is 49.3 Å². The predicted octanol–water partition coefficient (Wildman–Crippen LogP) is 3.67. The van der Waals surface area contributed by atoms with Gasteiger partial charge in [0.15, 0.2) is 5.11 Å². The third kappa shape index (κ3) is 9.34. The standard InChI is InChI=1S/C30H42F3N5O5S/c1-29(2)27(40)38(24-9-8-23(21-34)25(20-24)30(31,32)33)28(44)37(29)11-7-5-4-6-10-35-12-14-36(15-13-35)26(39)22-43-19-18-42-17-16-41-3/h8-9,20H,4-7,10-19,22H2,1-3H3. The molecule has 244 valence electrons. The van der Waals surface area contributed by atoms with Crippen molar-refractivity contribution in [3.05, 3.63) is 29.3 Å². The van der Waals surface area contributed by atoms with Crippen molar-refractivity contribution in [2.75, 3.05) is 84.3 Å². The largest absolute Gasteiger partial charge is 0.417 e. The normalized spacial score (nSPS) is 17.4. The molecule has 0 aromatic heterocycles. The van der Waals surface area contributed by atoms with Gasteiger partial charge in [0.1, 0.15) is 12.1 Å². The molecule has 2 amide bonds. The number of amides is 2. The number of nitrogens with zero attached hydrogens (tertiary/aromatic N) is 5. The molecule has 0 saturated carbocycles. The Balaban J connectivity index is 1.37. The van der Waals surface area contributed by atoms with Crippen molar-refractivity contribution in [2.24, 2.45) is 0 Å². The van der Waals surface area contributed by atoms with E-state index in [1.54, 1.807) is 31.9 Å². The van der Waals surface area contributed by atoms with Crippen LogP contribution in [0.5, 0.6) is 0 Å².